The molecule has 7 nitrogen and oxygen atoms in total. The van der Waals surface area contributed by atoms with E-state index in [1.54, 1.807) is 18.2 Å². The number of carbonyl (C=O) groups is 1. The van der Waals surface area contributed by atoms with E-state index in [4.69, 9.17) is 9.47 Å². The van der Waals surface area contributed by atoms with Crippen molar-refractivity contribution >= 4 is 22.0 Å². The van der Waals surface area contributed by atoms with E-state index in [1.165, 1.54) is 23.6 Å². The van der Waals surface area contributed by atoms with E-state index < -0.39 is 10.0 Å². The number of benzene rings is 1. The molecule has 1 atom stereocenters. The third kappa shape index (κ3) is 5.79. The molecule has 1 N–H and O–H groups in total. The summed E-state index contributed by atoms with van der Waals surface area (Å²) >= 11 is 0. The molecule has 27 heavy (non-hydrogen) atoms. The topological polar surface area (TPSA) is 84.9 Å². The van der Waals surface area contributed by atoms with Gasteiger partial charge in [0.15, 0.2) is 0 Å². The number of hydrogen-bond donors (Lipinski definition) is 1. The van der Waals surface area contributed by atoms with Crippen LogP contribution in [0.15, 0.2) is 29.2 Å². The molecule has 0 aromatic heterocycles. The van der Waals surface area contributed by atoms with E-state index in [2.05, 4.69) is 12.2 Å². The number of sulfonamides is 1. The number of carbonyl (C=O) groups excluding carboxylic acids is 1. The summed E-state index contributed by atoms with van der Waals surface area (Å²) in [7, 11) is -2.26. The maximum atomic E-state index is 13.0. The molecular weight excluding hydrogens is 368 g/mol. The second-order valence-corrected chi connectivity index (χ2v) is 8.36. The van der Waals surface area contributed by atoms with Gasteiger partial charge in [0.05, 0.1) is 20.3 Å². The minimum Gasteiger partial charge on any atom is -0.495 e. The number of ether oxygens (including phenoxy) is 2. The van der Waals surface area contributed by atoms with Gasteiger partial charge in [-0.15, -0.1) is 0 Å². The molecule has 0 radical (unpaired) electrons. The molecule has 0 aliphatic carbocycles. The number of nitrogens with one attached hydrogen (secondary N) is 1. The summed E-state index contributed by atoms with van der Waals surface area (Å²) in [6.07, 6.45) is 4.92. The van der Waals surface area contributed by atoms with E-state index in [9.17, 15) is 13.2 Å². The van der Waals surface area contributed by atoms with Crippen LogP contribution in [0, 0.1) is 0 Å². The van der Waals surface area contributed by atoms with Crippen LogP contribution in [0.2, 0.25) is 0 Å². The van der Waals surface area contributed by atoms with Crippen LogP contribution in [-0.4, -0.2) is 58.1 Å². The first-order chi connectivity index (χ1) is 12.9. The van der Waals surface area contributed by atoms with Crippen LogP contribution in [0.4, 0.5) is 0 Å². The summed E-state index contributed by atoms with van der Waals surface area (Å²) in [6, 6.07) is 4.95. The maximum absolute atomic E-state index is 13.0. The highest BCUT2D eigenvalue weighted by Crippen LogP contribution is 2.28. The average Bonchev–Trinajstić information content (AvgIpc) is 2.67. The van der Waals surface area contributed by atoms with Gasteiger partial charge in [-0.05, 0) is 37.1 Å². The Labute approximate surface area is 161 Å². The first kappa shape index (κ1) is 21.4. The largest absolute Gasteiger partial charge is 0.495 e. The molecule has 1 heterocycles. The second-order valence-electron chi connectivity index (χ2n) is 6.46. The maximum Gasteiger partial charge on any atom is 0.246 e. The normalized spacial score (nSPS) is 17.0. The van der Waals surface area contributed by atoms with Crippen molar-refractivity contribution in [3.05, 3.63) is 29.8 Å². The van der Waals surface area contributed by atoms with Crippen molar-refractivity contribution in [2.45, 2.75) is 37.6 Å². The van der Waals surface area contributed by atoms with Crippen molar-refractivity contribution in [2.75, 3.05) is 33.4 Å². The van der Waals surface area contributed by atoms with Gasteiger partial charge in [0.25, 0.3) is 0 Å². The van der Waals surface area contributed by atoms with Crippen molar-refractivity contribution in [1.29, 1.82) is 0 Å². The minimum absolute atomic E-state index is 0.0915. The van der Waals surface area contributed by atoms with Gasteiger partial charge in [0.1, 0.15) is 10.6 Å². The van der Waals surface area contributed by atoms with Crippen molar-refractivity contribution < 1.29 is 22.7 Å². The third-order valence-corrected chi connectivity index (χ3v) is 6.23. The van der Waals surface area contributed by atoms with Crippen molar-refractivity contribution in [3.8, 4) is 5.75 Å². The van der Waals surface area contributed by atoms with Gasteiger partial charge in [-0.25, -0.2) is 8.42 Å². The Kier molecular flexibility index (Phi) is 7.82. The quantitative estimate of drug-likeness (QED) is 0.680. The zero-order chi connectivity index (χ0) is 19.9. The van der Waals surface area contributed by atoms with Gasteiger partial charge in [-0.1, -0.05) is 19.4 Å². The van der Waals surface area contributed by atoms with Gasteiger partial charge < -0.3 is 14.8 Å². The van der Waals surface area contributed by atoms with Crippen molar-refractivity contribution in [3.63, 3.8) is 0 Å². The molecule has 2 rings (SSSR count). The van der Waals surface area contributed by atoms with E-state index in [1.807, 2.05) is 6.92 Å². The van der Waals surface area contributed by atoms with Gasteiger partial charge in [-0.2, -0.15) is 4.31 Å². The van der Waals surface area contributed by atoms with Gasteiger partial charge in [0, 0.05) is 25.2 Å². The number of hydrogen-bond acceptors (Lipinski definition) is 5. The number of amides is 1. The van der Waals surface area contributed by atoms with Crippen LogP contribution in [0.1, 0.15) is 32.3 Å². The fourth-order valence-electron chi connectivity index (χ4n) is 2.89. The first-order valence-corrected chi connectivity index (χ1v) is 10.6. The van der Waals surface area contributed by atoms with Gasteiger partial charge in [0.2, 0.25) is 15.9 Å². The van der Waals surface area contributed by atoms with Crippen LogP contribution in [0.5, 0.6) is 5.75 Å². The number of morpholine rings is 1. The monoisotopic (exact) mass is 396 g/mol. The number of methoxy groups -OCH3 is 1. The molecule has 1 aromatic carbocycles. The highest BCUT2D eigenvalue weighted by Gasteiger charge is 2.29. The molecule has 0 bridgehead atoms. The Morgan fingerprint density at radius 1 is 1.37 bits per heavy atom. The Morgan fingerprint density at radius 2 is 2.07 bits per heavy atom. The molecule has 0 unspecified atom stereocenters. The summed E-state index contributed by atoms with van der Waals surface area (Å²) in [5.41, 5.74) is 0.612. The third-order valence-electron chi connectivity index (χ3n) is 4.31. The number of nitrogens with zero attached hydrogens (tertiary/aromatic N) is 1. The fraction of sp³-hybridized carbons (Fsp3) is 0.526. The molecule has 1 aromatic rings. The minimum atomic E-state index is -3.70. The summed E-state index contributed by atoms with van der Waals surface area (Å²) in [5.74, 6) is 0.0732. The molecule has 8 heteroatoms. The lowest BCUT2D eigenvalue weighted by Crippen LogP contribution is -2.40. The summed E-state index contributed by atoms with van der Waals surface area (Å²) in [4.78, 5) is 12.1. The predicted octanol–water partition coefficient (Wildman–Crippen LogP) is 2.03. The predicted molar refractivity (Wildman–Crippen MR) is 104 cm³/mol. The smallest absolute Gasteiger partial charge is 0.246 e. The van der Waals surface area contributed by atoms with Crippen molar-refractivity contribution in [1.82, 2.24) is 9.62 Å². The molecule has 1 aliphatic rings. The van der Waals surface area contributed by atoms with Crippen LogP contribution in [0.3, 0.4) is 0 Å². The average molecular weight is 397 g/mol. The molecule has 150 valence electrons. The standard InChI is InChI=1S/C19H28N2O5S/c1-4-5-15(2)20-19(22)9-7-16-6-8-17(25-3)18(14-16)27(23,24)21-10-12-26-13-11-21/h6-9,14-15H,4-5,10-13H2,1-3H3,(H,20,22)/b9-7+/t15-/m1/s1. The Bertz CT molecular complexity index is 770. The van der Waals surface area contributed by atoms with Gasteiger partial charge >= 0.3 is 0 Å². The Morgan fingerprint density at radius 3 is 2.70 bits per heavy atom. The van der Waals surface area contributed by atoms with E-state index in [0.717, 1.165) is 12.8 Å². The lowest BCUT2D eigenvalue weighted by molar-refractivity contribution is -0.117. The first-order valence-electron chi connectivity index (χ1n) is 9.13. The lowest BCUT2D eigenvalue weighted by Gasteiger charge is -2.26. The highest BCUT2D eigenvalue weighted by atomic mass is 32.2. The van der Waals surface area contributed by atoms with Crippen LogP contribution in [-0.2, 0) is 19.6 Å². The van der Waals surface area contributed by atoms with E-state index in [0.29, 0.717) is 31.9 Å². The zero-order valence-electron chi connectivity index (χ0n) is 16.1. The van der Waals surface area contributed by atoms with Crippen LogP contribution in [0.25, 0.3) is 6.08 Å². The molecule has 1 saturated heterocycles. The van der Waals surface area contributed by atoms with Crippen LogP contribution < -0.4 is 10.1 Å². The van der Waals surface area contributed by atoms with E-state index in [-0.39, 0.29) is 22.6 Å². The molecule has 0 spiro atoms. The lowest BCUT2D eigenvalue weighted by atomic mass is 10.2. The highest BCUT2D eigenvalue weighted by molar-refractivity contribution is 7.89. The molecule has 1 fully saturated rings. The summed E-state index contributed by atoms with van der Waals surface area (Å²) < 4.78 is 37.8. The Hall–Kier alpha value is -1.90. The molecule has 1 aliphatic heterocycles. The number of rotatable bonds is 8. The van der Waals surface area contributed by atoms with Gasteiger partial charge in [-0.3, -0.25) is 4.79 Å². The Balaban J connectivity index is 2.22. The summed E-state index contributed by atoms with van der Waals surface area (Å²) in [5, 5.41) is 2.88. The molecule has 1 amide bonds. The molecule has 0 saturated carbocycles. The zero-order valence-corrected chi connectivity index (χ0v) is 16.9. The van der Waals surface area contributed by atoms with Crippen molar-refractivity contribution in [2.24, 2.45) is 0 Å². The van der Waals surface area contributed by atoms with E-state index >= 15 is 0 Å². The SMILES string of the molecule is CCC[C@@H](C)NC(=O)/C=C/c1ccc(OC)c(S(=O)(=O)N2CCOCC2)c1. The second kappa shape index (κ2) is 9.87. The summed E-state index contributed by atoms with van der Waals surface area (Å²) in [6.45, 7) is 5.38. The van der Waals surface area contributed by atoms with Crippen LogP contribution >= 0.6 is 0 Å². The molecular formula is C19H28N2O5S. The fourth-order valence-corrected chi connectivity index (χ4v) is 4.49.